The smallest absolute Gasteiger partial charge is 0.114 e. The Kier molecular flexibility index (Phi) is 3.57. The molecular formula is C16H23FN2. The van der Waals surface area contributed by atoms with E-state index in [1.807, 2.05) is 0 Å². The van der Waals surface area contributed by atoms with Crippen LogP contribution in [0.1, 0.15) is 61.9 Å². The summed E-state index contributed by atoms with van der Waals surface area (Å²) in [5.74, 6) is 1.15. The molecule has 104 valence electrons. The van der Waals surface area contributed by atoms with Crippen molar-refractivity contribution in [3.63, 3.8) is 0 Å². The predicted molar refractivity (Wildman–Crippen MR) is 75.1 cm³/mol. The maximum Gasteiger partial charge on any atom is 0.114 e. The molecule has 2 heterocycles. The molecule has 2 aliphatic rings. The molecule has 3 rings (SSSR count). The van der Waals surface area contributed by atoms with Crippen LogP contribution in [-0.4, -0.2) is 29.1 Å². The van der Waals surface area contributed by atoms with Crippen molar-refractivity contribution in [1.82, 2.24) is 9.88 Å². The number of rotatable bonds is 4. The molecule has 1 aromatic heterocycles. The third kappa shape index (κ3) is 3.14. The number of aromatic nitrogens is 1. The monoisotopic (exact) mass is 262 g/mol. The summed E-state index contributed by atoms with van der Waals surface area (Å²) in [5, 5.41) is 0. The van der Waals surface area contributed by atoms with Crippen molar-refractivity contribution in [2.45, 2.75) is 57.7 Å². The number of hydrogen-bond donors (Lipinski definition) is 0. The van der Waals surface area contributed by atoms with Crippen LogP contribution in [-0.2, 0) is 6.54 Å². The summed E-state index contributed by atoms with van der Waals surface area (Å²) in [6.45, 7) is 6.74. The van der Waals surface area contributed by atoms with Gasteiger partial charge in [0.1, 0.15) is 6.17 Å². The lowest BCUT2D eigenvalue weighted by molar-refractivity contribution is 0.282. The lowest BCUT2D eigenvalue weighted by Gasteiger charge is -2.17. The quantitative estimate of drug-likeness (QED) is 0.823. The minimum absolute atomic E-state index is 0.463. The van der Waals surface area contributed by atoms with Crippen LogP contribution in [0.3, 0.4) is 0 Å². The number of nitrogens with zero attached hydrogens (tertiary/aromatic N) is 2. The van der Waals surface area contributed by atoms with Gasteiger partial charge < -0.3 is 0 Å². The van der Waals surface area contributed by atoms with Crippen molar-refractivity contribution < 1.29 is 4.39 Å². The fourth-order valence-electron chi connectivity index (χ4n) is 2.80. The van der Waals surface area contributed by atoms with E-state index in [1.165, 1.54) is 29.8 Å². The summed E-state index contributed by atoms with van der Waals surface area (Å²) < 4.78 is 13.2. The molecule has 0 amide bonds. The van der Waals surface area contributed by atoms with Crippen LogP contribution in [0.25, 0.3) is 0 Å². The van der Waals surface area contributed by atoms with Gasteiger partial charge in [0.2, 0.25) is 0 Å². The van der Waals surface area contributed by atoms with Gasteiger partial charge in [0, 0.05) is 36.9 Å². The van der Waals surface area contributed by atoms with E-state index in [2.05, 4.69) is 30.9 Å². The molecule has 0 radical (unpaired) electrons. The maximum atomic E-state index is 13.2. The van der Waals surface area contributed by atoms with Crippen molar-refractivity contribution in [3.05, 3.63) is 29.1 Å². The average Bonchev–Trinajstić information content (AvgIpc) is 3.14. The topological polar surface area (TPSA) is 16.1 Å². The third-order valence-corrected chi connectivity index (χ3v) is 4.13. The average molecular weight is 262 g/mol. The molecule has 1 aromatic rings. The summed E-state index contributed by atoms with van der Waals surface area (Å²) in [4.78, 5) is 7.01. The molecule has 2 fully saturated rings. The van der Waals surface area contributed by atoms with Gasteiger partial charge in [-0.25, -0.2) is 4.39 Å². The van der Waals surface area contributed by atoms with E-state index in [1.54, 1.807) is 0 Å². The Bertz CT molecular complexity index is 434. The Labute approximate surface area is 115 Å². The second kappa shape index (κ2) is 5.20. The van der Waals surface area contributed by atoms with E-state index in [4.69, 9.17) is 4.98 Å². The summed E-state index contributed by atoms with van der Waals surface area (Å²) in [6.07, 6.45) is 2.63. The van der Waals surface area contributed by atoms with E-state index in [9.17, 15) is 4.39 Å². The van der Waals surface area contributed by atoms with Gasteiger partial charge in [0.15, 0.2) is 0 Å². The predicted octanol–water partition coefficient (Wildman–Crippen LogP) is 3.63. The molecule has 1 aliphatic carbocycles. The van der Waals surface area contributed by atoms with Crippen molar-refractivity contribution in [2.75, 3.05) is 13.1 Å². The van der Waals surface area contributed by atoms with E-state index in [0.29, 0.717) is 24.8 Å². The third-order valence-electron chi connectivity index (χ3n) is 4.13. The first-order chi connectivity index (χ1) is 9.11. The molecule has 3 heteroatoms. The maximum absolute atomic E-state index is 13.2. The molecule has 1 aliphatic heterocycles. The van der Waals surface area contributed by atoms with Crippen LogP contribution in [0.15, 0.2) is 12.1 Å². The van der Waals surface area contributed by atoms with E-state index in [0.717, 1.165) is 13.1 Å². The Hall–Kier alpha value is -0.960. The molecule has 1 saturated heterocycles. The van der Waals surface area contributed by atoms with Crippen LogP contribution in [0.4, 0.5) is 4.39 Å². The summed E-state index contributed by atoms with van der Waals surface area (Å²) in [6, 6.07) is 4.46. The first kappa shape index (κ1) is 13.0. The van der Waals surface area contributed by atoms with Gasteiger partial charge in [-0.15, -0.1) is 0 Å². The van der Waals surface area contributed by atoms with Crippen molar-refractivity contribution in [3.8, 4) is 0 Å². The fraction of sp³-hybridized carbons (Fsp3) is 0.688. The second-order valence-electron chi connectivity index (χ2n) is 6.38. The van der Waals surface area contributed by atoms with Gasteiger partial charge in [-0.3, -0.25) is 9.88 Å². The van der Waals surface area contributed by atoms with Crippen LogP contribution < -0.4 is 0 Å². The second-order valence-corrected chi connectivity index (χ2v) is 6.38. The standard InChI is InChI=1S/C16H23FN2/c1-11(2)15-7-12(8-16(18-15)13-3-4-13)9-19-6-5-14(17)10-19/h7-8,11,13-14H,3-6,9-10H2,1-2H3. The number of likely N-dealkylation sites (tertiary alicyclic amines) is 1. The summed E-state index contributed by atoms with van der Waals surface area (Å²) >= 11 is 0. The van der Waals surface area contributed by atoms with Crippen LogP contribution in [0.5, 0.6) is 0 Å². The van der Waals surface area contributed by atoms with Gasteiger partial charge >= 0.3 is 0 Å². The largest absolute Gasteiger partial charge is 0.296 e. The number of halogens is 1. The first-order valence-corrected chi connectivity index (χ1v) is 7.49. The Morgan fingerprint density at radius 3 is 2.68 bits per heavy atom. The Morgan fingerprint density at radius 2 is 2.11 bits per heavy atom. The van der Waals surface area contributed by atoms with Crippen molar-refractivity contribution in [1.29, 1.82) is 0 Å². The van der Waals surface area contributed by atoms with Crippen molar-refractivity contribution in [2.24, 2.45) is 0 Å². The molecule has 1 atom stereocenters. The first-order valence-electron chi connectivity index (χ1n) is 7.49. The zero-order valence-corrected chi connectivity index (χ0v) is 11.9. The van der Waals surface area contributed by atoms with Crippen molar-refractivity contribution >= 4 is 0 Å². The molecule has 1 saturated carbocycles. The van der Waals surface area contributed by atoms with Gasteiger partial charge in [-0.2, -0.15) is 0 Å². The van der Waals surface area contributed by atoms with Crippen LogP contribution >= 0.6 is 0 Å². The molecule has 2 nitrogen and oxygen atoms in total. The highest BCUT2D eigenvalue weighted by atomic mass is 19.1. The highest BCUT2D eigenvalue weighted by Crippen LogP contribution is 2.39. The van der Waals surface area contributed by atoms with E-state index < -0.39 is 6.17 Å². The zero-order chi connectivity index (χ0) is 13.4. The summed E-state index contributed by atoms with van der Waals surface area (Å²) in [5.41, 5.74) is 3.77. The van der Waals surface area contributed by atoms with Crippen LogP contribution in [0.2, 0.25) is 0 Å². The normalized spacial score (nSPS) is 24.3. The highest BCUT2D eigenvalue weighted by molar-refractivity contribution is 5.27. The van der Waals surface area contributed by atoms with Gasteiger partial charge in [-0.1, -0.05) is 13.8 Å². The molecule has 0 bridgehead atoms. The minimum Gasteiger partial charge on any atom is -0.296 e. The molecule has 0 aromatic carbocycles. The lowest BCUT2D eigenvalue weighted by atomic mass is 10.0. The van der Waals surface area contributed by atoms with Gasteiger partial charge in [0.05, 0.1) is 0 Å². The lowest BCUT2D eigenvalue weighted by Crippen LogP contribution is -2.20. The highest BCUT2D eigenvalue weighted by Gasteiger charge is 2.27. The van der Waals surface area contributed by atoms with Gasteiger partial charge in [0.25, 0.3) is 0 Å². The summed E-state index contributed by atoms with van der Waals surface area (Å²) in [7, 11) is 0. The molecule has 0 N–H and O–H groups in total. The molecule has 19 heavy (non-hydrogen) atoms. The Balaban J connectivity index is 1.79. The Morgan fingerprint density at radius 1 is 1.32 bits per heavy atom. The van der Waals surface area contributed by atoms with Crippen LogP contribution in [0, 0.1) is 0 Å². The van der Waals surface area contributed by atoms with E-state index >= 15 is 0 Å². The zero-order valence-electron chi connectivity index (χ0n) is 11.9. The van der Waals surface area contributed by atoms with Gasteiger partial charge in [-0.05, 0) is 42.9 Å². The number of pyridine rings is 1. The minimum atomic E-state index is -0.630. The molecule has 1 unspecified atom stereocenters. The SMILES string of the molecule is CC(C)c1cc(CN2CCC(F)C2)cc(C2CC2)n1. The molecular weight excluding hydrogens is 239 g/mol. The van der Waals surface area contributed by atoms with E-state index in [-0.39, 0.29) is 0 Å². The molecule has 0 spiro atoms. The fourth-order valence-corrected chi connectivity index (χ4v) is 2.80. The number of alkyl halides is 1. The number of hydrogen-bond acceptors (Lipinski definition) is 2.